The van der Waals surface area contributed by atoms with E-state index in [9.17, 15) is 9.18 Å². The van der Waals surface area contributed by atoms with Crippen LogP contribution in [0.1, 0.15) is 42.1 Å². The van der Waals surface area contributed by atoms with Gasteiger partial charge in [0, 0.05) is 24.0 Å². The Balaban J connectivity index is 1.93. The first kappa shape index (κ1) is 18.3. The van der Waals surface area contributed by atoms with Crippen LogP contribution in [0, 0.1) is 25.6 Å². The molecule has 0 bridgehead atoms. The fraction of sp³-hybridized carbons (Fsp3) is 0.318. The average Bonchev–Trinajstić information content (AvgIpc) is 2.58. The quantitative estimate of drug-likeness (QED) is 0.654. The average molecular weight is 353 g/mol. The van der Waals surface area contributed by atoms with Gasteiger partial charge in [0.05, 0.1) is 0 Å². The van der Waals surface area contributed by atoms with E-state index in [-0.39, 0.29) is 17.5 Å². The molecule has 1 heterocycles. The number of benzene rings is 2. The van der Waals surface area contributed by atoms with Crippen molar-refractivity contribution in [3.05, 3.63) is 81.0 Å². The summed E-state index contributed by atoms with van der Waals surface area (Å²) < 4.78 is 18.6. The molecule has 2 aromatic carbocycles. The van der Waals surface area contributed by atoms with E-state index in [0.717, 1.165) is 27.6 Å². The summed E-state index contributed by atoms with van der Waals surface area (Å²) in [6, 6.07) is 12.1. The monoisotopic (exact) mass is 353 g/mol. The van der Waals surface area contributed by atoms with Gasteiger partial charge in [0.1, 0.15) is 11.4 Å². The summed E-state index contributed by atoms with van der Waals surface area (Å²) in [6.07, 6.45) is 0. The van der Waals surface area contributed by atoms with E-state index in [0.29, 0.717) is 18.0 Å². The molecule has 1 aromatic heterocycles. The predicted molar refractivity (Wildman–Crippen MR) is 103 cm³/mol. The third-order valence-electron chi connectivity index (χ3n) is 4.85. The van der Waals surface area contributed by atoms with E-state index >= 15 is 0 Å². The molecule has 3 nitrogen and oxygen atoms in total. The van der Waals surface area contributed by atoms with E-state index < -0.39 is 0 Å². The summed E-state index contributed by atoms with van der Waals surface area (Å²) in [5.41, 5.74) is 4.46. The minimum absolute atomic E-state index is 0.0597. The maximum atomic E-state index is 13.2. The first-order chi connectivity index (χ1) is 12.3. The van der Waals surface area contributed by atoms with Crippen LogP contribution in [0.5, 0.6) is 0 Å². The summed E-state index contributed by atoms with van der Waals surface area (Å²) in [5.74, 6) is 0.0737. The summed E-state index contributed by atoms with van der Waals surface area (Å²) in [4.78, 5) is 12.0. The summed E-state index contributed by atoms with van der Waals surface area (Å²) in [5, 5.41) is 4.47. The molecule has 0 aliphatic carbocycles. The molecule has 1 unspecified atom stereocenters. The molecule has 1 atom stereocenters. The van der Waals surface area contributed by atoms with Crippen molar-refractivity contribution in [1.29, 1.82) is 0 Å². The molecule has 0 radical (unpaired) electrons. The van der Waals surface area contributed by atoms with E-state index in [1.807, 2.05) is 19.9 Å². The molecule has 0 aliphatic rings. The van der Waals surface area contributed by atoms with Crippen LogP contribution in [0.4, 0.5) is 4.39 Å². The molecule has 136 valence electrons. The highest BCUT2D eigenvalue weighted by atomic mass is 19.1. The number of nitrogens with one attached hydrogen (secondary N) is 1. The van der Waals surface area contributed by atoms with Crippen molar-refractivity contribution in [1.82, 2.24) is 5.32 Å². The van der Waals surface area contributed by atoms with E-state index in [1.54, 1.807) is 18.2 Å². The lowest BCUT2D eigenvalue weighted by Crippen LogP contribution is -2.26. The largest absolute Gasteiger partial charge is 0.423 e. The first-order valence-corrected chi connectivity index (χ1v) is 8.88. The molecule has 3 rings (SSSR count). The Hall–Kier alpha value is -2.46. The van der Waals surface area contributed by atoms with Crippen molar-refractivity contribution in [2.24, 2.45) is 5.92 Å². The Kier molecular flexibility index (Phi) is 5.23. The third-order valence-corrected chi connectivity index (χ3v) is 4.85. The van der Waals surface area contributed by atoms with Crippen LogP contribution in [0.25, 0.3) is 11.0 Å². The van der Waals surface area contributed by atoms with E-state index in [4.69, 9.17) is 4.42 Å². The zero-order valence-electron chi connectivity index (χ0n) is 15.6. The van der Waals surface area contributed by atoms with Crippen molar-refractivity contribution >= 4 is 11.0 Å². The van der Waals surface area contributed by atoms with Crippen molar-refractivity contribution in [2.75, 3.05) is 0 Å². The molecular formula is C22H24FNO2. The van der Waals surface area contributed by atoms with Gasteiger partial charge in [-0.3, -0.25) is 0 Å². The van der Waals surface area contributed by atoms with Crippen LogP contribution < -0.4 is 10.9 Å². The van der Waals surface area contributed by atoms with Crippen molar-refractivity contribution in [3.63, 3.8) is 0 Å². The first-order valence-electron chi connectivity index (χ1n) is 8.88. The van der Waals surface area contributed by atoms with Crippen LogP contribution in [-0.2, 0) is 6.54 Å². The summed E-state index contributed by atoms with van der Waals surface area (Å²) in [7, 11) is 0. The molecule has 26 heavy (non-hydrogen) atoms. The minimum atomic E-state index is -0.347. The molecular weight excluding hydrogens is 329 g/mol. The Bertz CT molecular complexity index is 974. The van der Waals surface area contributed by atoms with Gasteiger partial charge < -0.3 is 9.73 Å². The van der Waals surface area contributed by atoms with Gasteiger partial charge in [-0.1, -0.05) is 26.0 Å². The second-order valence-electron chi connectivity index (χ2n) is 7.18. The fourth-order valence-electron chi connectivity index (χ4n) is 3.26. The lowest BCUT2D eigenvalue weighted by molar-refractivity contribution is 0.410. The van der Waals surface area contributed by atoms with E-state index in [1.165, 1.54) is 12.1 Å². The lowest BCUT2D eigenvalue weighted by atomic mass is 9.95. The van der Waals surface area contributed by atoms with Crippen molar-refractivity contribution in [2.45, 2.75) is 40.3 Å². The topological polar surface area (TPSA) is 42.2 Å². The van der Waals surface area contributed by atoms with Crippen molar-refractivity contribution in [3.8, 4) is 0 Å². The van der Waals surface area contributed by atoms with Gasteiger partial charge in [-0.05, 0) is 66.3 Å². The maximum Gasteiger partial charge on any atom is 0.336 e. The molecule has 3 aromatic rings. The van der Waals surface area contributed by atoms with E-state index in [2.05, 4.69) is 25.2 Å². The number of hydrogen-bond acceptors (Lipinski definition) is 3. The highest BCUT2D eigenvalue weighted by molar-refractivity contribution is 5.81. The second kappa shape index (κ2) is 7.42. The Labute approximate surface area is 152 Å². The molecule has 0 spiro atoms. The summed E-state index contributed by atoms with van der Waals surface area (Å²) >= 11 is 0. The zero-order valence-corrected chi connectivity index (χ0v) is 15.6. The van der Waals surface area contributed by atoms with Crippen molar-refractivity contribution < 1.29 is 8.81 Å². The van der Waals surface area contributed by atoms with Crippen LogP contribution in [0.2, 0.25) is 0 Å². The molecule has 0 amide bonds. The highest BCUT2D eigenvalue weighted by Crippen LogP contribution is 2.25. The Morgan fingerprint density at radius 2 is 1.69 bits per heavy atom. The van der Waals surface area contributed by atoms with Gasteiger partial charge in [0.15, 0.2) is 0 Å². The summed E-state index contributed by atoms with van der Waals surface area (Å²) in [6.45, 7) is 8.82. The highest BCUT2D eigenvalue weighted by Gasteiger charge is 2.16. The standard InChI is InChI=1S/C22H24FNO2/c1-13(2)22(16-5-7-18(23)8-6-16)24-12-17-11-21(25)26-20-10-15(4)14(3)9-19(17)20/h5-11,13,22,24H,12H2,1-4H3. The van der Waals surface area contributed by atoms with Crippen LogP contribution in [0.15, 0.2) is 51.7 Å². The normalized spacial score (nSPS) is 12.7. The molecule has 0 saturated heterocycles. The predicted octanol–water partition coefficient (Wildman–Crippen LogP) is 5.04. The van der Waals surface area contributed by atoms with Gasteiger partial charge in [-0.15, -0.1) is 0 Å². The number of rotatable bonds is 5. The molecule has 0 saturated carbocycles. The van der Waals surface area contributed by atoms with Gasteiger partial charge in [-0.2, -0.15) is 0 Å². The Morgan fingerprint density at radius 1 is 1.04 bits per heavy atom. The molecule has 0 fully saturated rings. The second-order valence-corrected chi connectivity index (χ2v) is 7.18. The molecule has 1 N–H and O–H groups in total. The third kappa shape index (κ3) is 3.86. The molecule has 4 heteroatoms. The van der Waals surface area contributed by atoms with Crippen LogP contribution >= 0.6 is 0 Å². The maximum absolute atomic E-state index is 13.2. The van der Waals surface area contributed by atoms with Crippen LogP contribution in [0.3, 0.4) is 0 Å². The smallest absolute Gasteiger partial charge is 0.336 e. The number of halogens is 1. The zero-order chi connectivity index (χ0) is 18.8. The minimum Gasteiger partial charge on any atom is -0.423 e. The SMILES string of the molecule is Cc1cc2oc(=O)cc(CNC(c3ccc(F)cc3)C(C)C)c2cc1C. The number of fused-ring (bicyclic) bond motifs is 1. The van der Waals surface area contributed by atoms with Gasteiger partial charge in [0.25, 0.3) is 0 Å². The lowest BCUT2D eigenvalue weighted by Gasteiger charge is -2.23. The van der Waals surface area contributed by atoms with Crippen LogP contribution in [-0.4, -0.2) is 0 Å². The molecule has 0 aliphatic heterocycles. The van der Waals surface area contributed by atoms with Gasteiger partial charge in [-0.25, -0.2) is 9.18 Å². The van der Waals surface area contributed by atoms with Gasteiger partial charge >= 0.3 is 5.63 Å². The Morgan fingerprint density at radius 3 is 2.35 bits per heavy atom. The fourth-order valence-corrected chi connectivity index (χ4v) is 3.26. The van der Waals surface area contributed by atoms with Gasteiger partial charge in [0.2, 0.25) is 0 Å². The number of hydrogen-bond donors (Lipinski definition) is 1. The number of aryl methyl sites for hydroxylation is 2.